The maximum Gasteiger partial charge on any atom is 0.0431 e. The van der Waals surface area contributed by atoms with Crippen molar-refractivity contribution in [2.75, 3.05) is 6.61 Å². The molecule has 1 atom stereocenters. The van der Waals surface area contributed by atoms with Crippen LogP contribution in [0.5, 0.6) is 0 Å². The molecule has 0 saturated heterocycles. The van der Waals surface area contributed by atoms with Crippen molar-refractivity contribution in [2.24, 2.45) is 0 Å². The lowest BCUT2D eigenvalue weighted by Crippen LogP contribution is -1.98. The van der Waals surface area contributed by atoms with E-state index >= 15 is 0 Å². The molecule has 0 spiro atoms. The predicted octanol–water partition coefficient (Wildman–Crippen LogP) is 2.95. The molecule has 13 heavy (non-hydrogen) atoms. The standard InChI is InChI=1S/C12H18O/c1-2-11(9-6-10-13)12-7-4-3-5-8-12/h3-5,7-8,11,13H,2,6,9-10H2,1H3/t11-/m1/s1. The summed E-state index contributed by atoms with van der Waals surface area (Å²) in [5.41, 5.74) is 1.40. The molecule has 1 heteroatoms. The molecule has 1 rings (SSSR count). The fourth-order valence-corrected chi connectivity index (χ4v) is 1.67. The van der Waals surface area contributed by atoms with Gasteiger partial charge in [0.05, 0.1) is 0 Å². The Kier molecular flexibility index (Phi) is 4.55. The first-order valence-corrected chi connectivity index (χ1v) is 5.04. The van der Waals surface area contributed by atoms with Crippen LogP contribution in [0.3, 0.4) is 0 Å². The number of benzene rings is 1. The topological polar surface area (TPSA) is 20.2 Å². The van der Waals surface area contributed by atoms with Gasteiger partial charge >= 0.3 is 0 Å². The molecule has 0 heterocycles. The zero-order valence-electron chi connectivity index (χ0n) is 8.24. The summed E-state index contributed by atoms with van der Waals surface area (Å²) in [6, 6.07) is 10.5. The second-order valence-corrected chi connectivity index (χ2v) is 3.38. The van der Waals surface area contributed by atoms with Gasteiger partial charge in [-0.1, -0.05) is 37.3 Å². The second kappa shape index (κ2) is 5.76. The third-order valence-electron chi connectivity index (χ3n) is 2.47. The van der Waals surface area contributed by atoms with Crippen LogP contribution >= 0.6 is 0 Å². The lowest BCUT2D eigenvalue weighted by Gasteiger charge is -2.13. The van der Waals surface area contributed by atoms with Gasteiger partial charge in [-0.05, 0) is 30.7 Å². The summed E-state index contributed by atoms with van der Waals surface area (Å²) < 4.78 is 0. The average Bonchev–Trinajstić information content (AvgIpc) is 2.21. The summed E-state index contributed by atoms with van der Waals surface area (Å²) >= 11 is 0. The fraction of sp³-hybridized carbons (Fsp3) is 0.500. The first-order valence-electron chi connectivity index (χ1n) is 5.04. The van der Waals surface area contributed by atoms with Gasteiger partial charge < -0.3 is 5.11 Å². The molecule has 1 aromatic carbocycles. The zero-order valence-corrected chi connectivity index (χ0v) is 8.24. The van der Waals surface area contributed by atoms with Crippen LogP contribution in [-0.4, -0.2) is 11.7 Å². The Bertz CT molecular complexity index is 218. The molecule has 0 amide bonds. The number of aliphatic hydroxyl groups excluding tert-OH is 1. The lowest BCUT2D eigenvalue weighted by molar-refractivity contribution is 0.279. The van der Waals surface area contributed by atoms with E-state index in [1.807, 2.05) is 6.07 Å². The van der Waals surface area contributed by atoms with E-state index in [1.165, 1.54) is 5.56 Å². The van der Waals surface area contributed by atoms with Crippen molar-refractivity contribution in [3.63, 3.8) is 0 Å². The first kappa shape index (κ1) is 10.3. The van der Waals surface area contributed by atoms with Gasteiger partial charge in [-0.3, -0.25) is 0 Å². The molecule has 72 valence electrons. The van der Waals surface area contributed by atoms with Gasteiger partial charge in [-0.25, -0.2) is 0 Å². The zero-order chi connectivity index (χ0) is 9.52. The van der Waals surface area contributed by atoms with E-state index in [-0.39, 0.29) is 0 Å². The van der Waals surface area contributed by atoms with Crippen molar-refractivity contribution in [2.45, 2.75) is 32.1 Å². The summed E-state index contributed by atoms with van der Waals surface area (Å²) in [4.78, 5) is 0. The van der Waals surface area contributed by atoms with Crippen molar-refractivity contribution in [3.05, 3.63) is 35.9 Å². The van der Waals surface area contributed by atoms with Crippen molar-refractivity contribution < 1.29 is 5.11 Å². The molecule has 0 bridgehead atoms. The maximum atomic E-state index is 8.76. The minimum absolute atomic E-state index is 0.309. The second-order valence-electron chi connectivity index (χ2n) is 3.38. The van der Waals surface area contributed by atoms with Crippen molar-refractivity contribution >= 4 is 0 Å². The SMILES string of the molecule is CC[C@H](CCCO)c1ccccc1. The molecule has 0 unspecified atom stereocenters. The number of hydrogen-bond acceptors (Lipinski definition) is 1. The number of aliphatic hydroxyl groups is 1. The van der Waals surface area contributed by atoms with Crippen LogP contribution in [0.1, 0.15) is 37.7 Å². The lowest BCUT2D eigenvalue weighted by atomic mass is 9.92. The van der Waals surface area contributed by atoms with E-state index in [9.17, 15) is 0 Å². The highest BCUT2D eigenvalue weighted by Gasteiger charge is 2.07. The minimum atomic E-state index is 0.309. The maximum absolute atomic E-state index is 8.76. The van der Waals surface area contributed by atoms with Gasteiger partial charge in [0.15, 0.2) is 0 Å². The largest absolute Gasteiger partial charge is 0.396 e. The monoisotopic (exact) mass is 178 g/mol. The molecule has 0 saturated carbocycles. The van der Waals surface area contributed by atoms with E-state index in [4.69, 9.17) is 5.11 Å². The average molecular weight is 178 g/mol. The molecule has 0 aliphatic heterocycles. The Morgan fingerprint density at radius 3 is 2.46 bits per heavy atom. The normalized spacial score (nSPS) is 12.8. The van der Waals surface area contributed by atoms with E-state index in [0.717, 1.165) is 19.3 Å². The van der Waals surface area contributed by atoms with Gasteiger partial charge in [-0.15, -0.1) is 0 Å². The van der Waals surface area contributed by atoms with E-state index in [0.29, 0.717) is 12.5 Å². The Hall–Kier alpha value is -0.820. The highest BCUT2D eigenvalue weighted by molar-refractivity contribution is 5.19. The summed E-state index contributed by atoms with van der Waals surface area (Å²) in [6.07, 6.45) is 3.16. The van der Waals surface area contributed by atoms with Crippen LogP contribution in [0.4, 0.5) is 0 Å². The van der Waals surface area contributed by atoms with Crippen LogP contribution in [0, 0.1) is 0 Å². The fourth-order valence-electron chi connectivity index (χ4n) is 1.67. The van der Waals surface area contributed by atoms with Crippen LogP contribution < -0.4 is 0 Å². The van der Waals surface area contributed by atoms with Crippen molar-refractivity contribution in [1.29, 1.82) is 0 Å². The van der Waals surface area contributed by atoms with Gasteiger partial charge in [0.2, 0.25) is 0 Å². The van der Waals surface area contributed by atoms with Crippen LogP contribution in [0.15, 0.2) is 30.3 Å². The quantitative estimate of drug-likeness (QED) is 0.735. The van der Waals surface area contributed by atoms with Crippen LogP contribution in [0.2, 0.25) is 0 Å². The molecule has 1 N–H and O–H groups in total. The Labute approximate surface area is 80.4 Å². The third-order valence-corrected chi connectivity index (χ3v) is 2.47. The highest BCUT2D eigenvalue weighted by Crippen LogP contribution is 2.23. The van der Waals surface area contributed by atoms with E-state index < -0.39 is 0 Å². The minimum Gasteiger partial charge on any atom is -0.396 e. The summed E-state index contributed by atoms with van der Waals surface area (Å²) in [5, 5.41) is 8.76. The molecule has 0 aliphatic rings. The van der Waals surface area contributed by atoms with Gasteiger partial charge in [-0.2, -0.15) is 0 Å². The third kappa shape index (κ3) is 3.19. The first-order chi connectivity index (χ1) is 6.38. The molecular formula is C12H18O. The van der Waals surface area contributed by atoms with Crippen LogP contribution in [-0.2, 0) is 0 Å². The molecule has 0 radical (unpaired) electrons. The van der Waals surface area contributed by atoms with Crippen molar-refractivity contribution in [3.8, 4) is 0 Å². The Morgan fingerprint density at radius 1 is 1.23 bits per heavy atom. The molecule has 0 fully saturated rings. The number of rotatable bonds is 5. The highest BCUT2D eigenvalue weighted by atomic mass is 16.2. The number of hydrogen-bond donors (Lipinski definition) is 1. The molecule has 1 nitrogen and oxygen atoms in total. The molecule has 1 aromatic rings. The van der Waals surface area contributed by atoms with E-state index in [2.05, 4.69) is 31.2 Å². The smallest absolute Gasteiger partial charge is 0.0431 e. The summed E-state index contributed by atoms with van der Waals surface area (Å²) in [7, 11) is 0. The molecule has 0 aromatic heterocycles. The summed E-state index contributed by atoms with van der Waals surface area (Å²) in [6.45, 7) is 2.51. The Morgan fingerprint density at radius 2 is 1.92 bits per heavy atom. The van der Waals surface area contributed by atoms with E-state index in [1.54, 1.807) is 0 Å². The van der Waals surface area contributed by atoms with Gasteiger partial charge in [0, 0.05) is 6.61 Å². The Balaban J connectivity index is 2.56. The van der Waals surface area contributed by atoms with Gasteiger partial charge in [0.25, 0.3) is 0 Å². The summed E-state index contributed by atoms with van der Waals surface area (Å²) in [5.74, 6) is 0.619. The van der Waals surface area contributed by atoms with Crippen molar-refractivity contribution in [1.82, 2.24) is 0 Å². The molecule has 0 aliphatic carbocycles. The molecular weight excluding hydrogens is 160 g/mol. The predicted molar refractivity (Wildman–Crippen MR) is 55.8 cm³/mol. The van der Waals surface area contributed by atoms with Crippen LogP contribution in [0.25, 0.3) is 0 Å². The van der Waals surface area contributed by atoms with Gasteiger partial charge in [0.1, 0.15) is 0 Å².